The fourth-order valence-corrected chi connectivity index (χ4v) is 5.88. The van der Waals surface area contributed by atoms with E-state index in [4.69, 9.17) is 21.1 Å². The van der Waals surface area contributed by atoms with Crippen molar-refractivity contribution in [2.24, 2.45) is 16.8 Å². The third-order valence-electron chi connectivity index (χ3n) is 8.03. The highest BCUT2D eigenvalue weighted by Crippen LogP contribution is 2.51. The van der Waals surface area contributed by atoms with Crippen LogP contribution in [-0.2, 0) is 4.79 Å². The van der Waals surface area contributed by atoms with E-state index in [9.17, 15) is 13.6 Å². The van der Waals surface area contributed by atoms with E-state index in [0.717, 1.165) is 18.6 Å². The Morgan fingerprint density at radius 2 is 1.93 bits per heavy atom. The second kappa shape index (κ2) is 9.51. The van der Waals surface area contributed by atoms with Crippen molar-refractivity contribution in [3.05, 3.63) is 64.5 Å². The Kier molecular flexibility index (Phi) is 6.00. The Labute approximate surface area is 237 Å². The van der Waals surface area contributed by atoms with E-state index in [1.165, 1.54) is 6.20 Å². The number of amides is 1. The Bertz CT molecular complexity index is 1660. The number of halogens is 4. The quantitative estimate of drug-likeness (QED) is 0.375. The molecule has 212 valence electrons. The summed E-state index contributed by atoms with van der Waals surface area (Å²) in [5.41, 5.74) is 1.30. The number of hydrogen-bond acceptors (Lipinski definition) is 7. The van der Waals surface area contributed by atoms with Gasteiger partial charge in [0.25, 0.3) is 6.43 Å². The number of pyridine rings is 1. The zero-order valence-corrected chi connectivity index (χ0v) is 22.8. The smallest absolute Gasteiger partial charge is 0.264 e. The summed E-state index contributed by atoms with van der Waals surface area (Å²) in [5, 5.41) is 4.26. The molecule has 1 aromatic carbocycles. The second-order valence-electron chi connectivity index (χ2n) is 10.6. The summed E-state index contributed by atoms with van der Waals surface area (Å²) in [4.78, 5) is 24.9. The van der Waals surface area contributed by atoms with Crippen LogP contribution in [-0.4, -0.2) is 46.3 Å². The predicted octanol–water partition coefficient (Wildman–Crippen LogP) is 5.61. The molecule has 0 spiro atoms. The van der Waals surface area contributed by atoms with Crippen LogP contribution in [0.2, 0.25) is 5.02 Å². The first-order chi connectivity index (χ1) is 19.7. The average molecular weight is 585 g/mol. The Hall–Kier alpha value is -4.06. The molecule has 3 aliphatic heterocycles. The van der Waals surface area contributed by atoms with E-state index in [2.05, 4.69) is 15.1 Å². The summed E-state index contributed by atoms with van der Waals surface area (Å²) in [6.07, 6.45) is 4.33. The van der Waals surface area contributed by atoms with Crippen molar-refractivity contribution in [1.82, 2.24) is 14.8 Å². The van der Waals surface area contributed by atoms with Crippen LogP contribution in [0.15, 0.2) is 41.9 Å². The predicted molar refractivity (Wildman–Crippen MR) is 145 cm³/mol. The zero-order chi connectivity index (χ0) is 28.6. The maximum Gasteiger partial charge on any atom is 0.264 e. The first-order valence-corrected chi connectivity index (χ1v) is 13.5. The zero-order valence-electron chi connectivity index (χ0n) is 22.0. The van der Waals surface area contributed by atoms with Crippen molar-refractivity contribution >= 4 is 40.4 Å². The number of hydrogen-bond donors (Lipinski definition) is 0. The van der Waals surface area contributed by atoms with Gasteiger partial charge in [0, 0.05) is 47.3 Å². The van der Waals surface area contributed by atoms with Crippen molar-refractivity contribution in [1.29, 1.82) is 0 Å². The van der Waals surface area contributed by atoms with Gasteiger partial charge >= 0.3 is 0 Å². The molecule has 0 bridgehead atoms. The van der Waals surface area contributed by atoms with Crippen LogP contribution in [0, 0.1) is 17.7 Å². The van der Waals surface area contributed by atoms with Gasteiger partial charge in [-0.2, -0.15) is 5.10 Å². The molecule has 7 rings (SSSR count). The van der Waals surface area contributed by atoms with Gasteiger partial charge in [0.2, 0.25) is 18.4 Å². The monoisotopic (exact) mass is 584 g/mol. The third kappa shape index (κ3) is 4.14. The number of ether oxygens (including phenoxy) is 2. The van der Waals surface area contributed by atoms with E-state index in [0.29, 0.717) is 46.7 Å². The van der Waals surface area contributed by atoms with Gasteiger partial charge < -0.3 is 14.4 Å². The molecule has 13 heteroatoms. The Morgan fingerprint density at radius 1 is 1.12 bits per heavy atom. The molecular weight excluding hydrogens is 561 g/mol. The Balaban J connectivity index is 1.22. The number of aromatic nitrogens is 3. The summed E-state index contributed by atoms with van der Waals surface area (Å²) in [7, 11) is 0. The van der Waals surface area contributed by atoms with Crippen LogP contribution in [0.5, 0.6) is 11.5 Å². The Morgan fingerprint density at radius 3 is 2.68 bits per heavy atom. The molecular formula is C28H24ClF3N6O3. The number of nitrogens with zero attached hydrogens (tertiary/aromatic N) is 6. The number of piperidine rings is 1. The van der Waals surface area contributed by atoms with Crippen LogP contribution < -0.4 is 19.3 Å². The minimum atomic E-state index is -2.92. The fourth-order valence-electron chi connectivity index (χ4n) is 5.72. The molecule has 9 nitrogen and oxygen atoms in total. The summed E-state index contributed by atoms with van der Waals surface area (Å²) < 4.78 is 56.3. The lowest BCUT2D eigenvalue weighted by Crippen LogP contribution is -2.30. The molecule has 1 saturated heterocycles. The molecule has 1 amide bonds. The molecule has 1 aliphatic carbocycles. The molecule has 3 aromatic rings. The molecule has 5 heterocycles. The van der Waals surface area contributed by atoms with E-state index in [1.807, 2.05) is 6.92 Å². The first-order valence-electron chi connectivity index (χ1n) is 13.1. The van der Waals surface area contributed by atoms with Gasteiger partial charge in [-0.15, -0.1) is 0 Å². The lowest BCUT2D eigenvalue weighted by Gasteiger charge is -2.30. The number of aliphatic imine (C=N–C) groups is 1. The summed E-state index contributed by atoms with van der Waals surface area (Å²) in [6.45, 7) is 4.55. The second-order valence-corrected chi connectivity index (χ2v) is 11.0. The molecule has 0 unspecified atom stereocenters. The normalized spacial score (nSPS) is 21.8. The maximum atomic E-state index is 15.2. The van der Waals surface area contributed by atoms with Crippen LogP contribution >= 0.6 is 11.6 Å². The minimum Gasteiger partial charge on any atom is -0.453 e. The number of anilines is 2. The summed E-state index contributed by atoms with van der Waals surface area (Å²) in [6, 6.07) is 1.87. The van der Waals surface area contributed by atoms with Gasteiger partial charge in [0.1, 0.15) is 0 Å². The van der Waals surface area contributed by atoms with Crippen molar-refractivity contribution in [3.63, 3.8) is 0 Å². The van der Waals surface area contributed by atoms with Crippen molar-refractivity contribution in [2.45, 2.75) is 32.7 Å². The van der Waals surface area contributed by atoms with Crippen molar-refractivity contribution in [2.75, 3.05) is 29.7 Å². The molecule has 0 radical (unpaired) electrons. The molecule has 3 atom stereocenters. The lowest BCUT2D eigenvalue weighted by molar-refractivity contribution is -0.118. The van der Waals surface area contributed by atoms with Gasteiger partial charge in [0.05, 0.1) is 41.4 Å². The number of alkyl halides is 2. The largest absolute Gasteiger partial charge is 0.453 e. The third-order valence-corrected chi connectivity index (χ3v) is 8.32. The average Bonchev–Trinajstić information content (AvgIpc) is 3.28. The van der Waals surface area contributed by atoms with Crippen LogP contribution in [0.4, 0.5) is 24.7 Å². The molecule has 41 heavy (non-hydrogen) atoms. The lowest BCUT2D eigenvalue weighted by atomic mass is 10.0. The molecule has 0 N–H and O–H groups in total. The number of benzene rings is 1. The number of fused-ring (bicyclic) bond motifs is 2. The summed E-state index contributed by atoms with van der Waals surface area (Å²) in [5.74, 6) is 0.968. The highest BCUT2D eigenvalue weighted by Gasteiger charge is 2.53. The summed E-state index contributed by atoms with van der Waals surface area (Å²) >= 11 is 5.99. The van der Waals surface area contributed by atoms with E-state index < -0.39 is 17.8 Å². The van der Waals surface area contributed by atoms with E-state index >= 15 is 4.39 Å². The van der Waals surface area contributed by atoms with Crippen molar-refractivity contribution < 1.29 is 27.4 Å². The van der Waals surface area contributed by atoms with E-state index in [-0.39, 0.29) is 47.5 Å². The van der Waals surface area contributed by atoms with Gasteiger partial charge in [-0.25, -0.2) is 18.2 Å². The van der Waals surface area contributed by atoms with Crippen molar-refractivity contribution in [3.8, 4) is 11.5 Å². The molecule has 4 aliphatic rings. The highest BCUT2D eigenvalue weighted by molar-refractivity contribution is 6.31. The minimum absolute atomic E-state index is 0.00516. The van der Waals surface area contributed by atoms with Gasteiger partial charge in [-0.05, 0) is 32.3 Å². The molecule has 2 aromatic heterocycles. The number of carbonyl (C=O) groups is 1. The van der Waals surface area contributed by atoms with Gasteiger partial charge in [0.15, 0.2) is 17.4 Å². The van der Waals surface area contributed by atoms with Gasteiger partial charge in [-0.1, -0.05) is 17.7 Å². The first kappa shape index (κ1) is 25.9. The van der Waals surface area contributed by atoms with Gasteiger partial charge in [-0.3, -0.25) is 19.4 Å². The number of carbonyl (C=O) groups excluding carboxylic acids is 1. The molecule has 1 saturated carbocycles. The topological polar surface area (TPSA) is 85.1 Å². The van der Waals surface area contributed by atoms with Crippen LogP contribution in [0.25, 0.3) is 5.70 Å². The number of rotatable bonds is 6. The van der Waals surface area contributed by atoms with Crippen LogP contribution in [0.1, 0.15) is 49.4 Å². The fraction of sp³-hybridized carbons (Fsp3) is 0.357. The standard InChI is InChI=1S/C28H24ClF3N6O3/c1-13-9-36(21(8-33-13)22-17(26(31)32)3-4-20(29)23(22)30)16-6-35-38(11-16)14(2)19-7-34-27(25-24(19)40-12-41-25)37-10-15-5-18(15)28(37)39/h3-4,6-8,11,14-15,18,26H,5,9-10,12H2,1-2H3/t14-,15+,18+/m0/s1. The maximum absolute atomic E-state index is 15.2. The SMILES string of the molecule is CC1=NC=C(c2c(C(F)F)ccc(Cl)c2F)N(c2cnn([C@@H](C)c3cnc(N4C[C@H]5C[C@H]5C4=O)c4c3OCO4)c2)C1. The van der Waals surface area contributed by atoms with Crippen LogP contribution in [0.3, 0.4) is 0 Å². The highest BCUT2D eigenvalue weighted by atomic mass is 35.5. The molecule has 2 fully saturated rings. The van der Waals surface area contributed by atoms with E-state index in [1.54, 1.807) is 40.0 Å².